The summed E-state index contributed by atoms with van der Waals surface area (Å²) in [5, 5.41) is 3.42. The van der Waals surface area contributed by atoms with Crippen molar-refractivity contribution in [2.45, 2.75) is 44.4 Å². The van der Waals surface area contributed by atoms with Crippen LogP contribution in [0.1, 0.15) is 38.3 Å². The van der Waals surface area contributed by atoms with Crippen LogP contribution in [0.3, 0.4) is 0 Å². The van der Waals surface area contributed by atoms with Crippen LogP contribution in [-0.2, 0) is 4.74 Å². The number of halogens is 1. The van der Waals surface area contributed by atoms with Gasteiger partial charge < -0.3 is 10.1 Å². The highest BCUT2D eigenvalue weighted by molar-refractivity contribution is 9.10. The van der Waals surface area contributed by atoms with Crippen LogP contribution in [-0.4, -0.2) is 32.2 Å². The van der Waals surface area contributed by atoms with Crippen molar-refractivity contribution in [2.24, 2.45) is 0 Å². The van der Waals surface area contributed by atoms with Crippen LogP contribution in [0.2, 0.25) is 0 Å². The number of anilines is 1. The number of imidazole rings is 1. The van der Waals surface area contributed by atoms with Crippen molar-refractivity contribution in [1.82, 2.24) is 19.5 Å². The van der Waals surface area contributed by atoms with Gasteiger partial charge >= 0.3 is 0 Å². The molecule has 1 atom stereocenters. The second-order valence-electron chi connectivity index (χ2n) is 5.41. The Hall–Kier alpha value is -1.21. The van der Waals surface area contributed by atoms with Crippen LogP contribution in [0, 0.1) is 0 Å². The molecule has 2 aliphatic rings. The zero-order chi connectivity index (χ0) is 13.5. The van der Waals surface area contributed by atoms with Gasteiger partial charge in [0, 0.05) is 12.6 Å². The summed E-state index contributed by atoms with van der Waals surface area (Å²) in [6, 6.07) is 0.538. The van der Waals surface area contributed by atoms with Crippen molar-refractivity contribution in [3.05, 3.63) is 11.1 Å². The number of aromatic nitrogens is 4. The Morgan fingerprint density at radius 1 is 1.25 bits per heavy atom. The molecule has 6 nitrogen and oxygen atoms in total. The number of ether oxygens (including phenoxy) is 1. The summed E-state index contributed by atoms with van der Waals surface area (Å²) in [7, 11) is 0. The zero-order valence-electron chi connectivity index (χ0n) is 11.0. The predicted molar refractivity (Wildman–Crippen MR) is 78.5 cm³/mol. The van der Waals surface area contributed by atoms with Crippen molar-refractivity contribution in [3.63, 3.8) is 0 Å². The summed E-state index contributed by atoms with van der Waals surface area (Å²) in [6.45, 7) is 0.809. The highest BCUT2D eigenvalue weighted by Crippen LogP contribution is 2.31. The second kappa shape index (κ2) is 4.96. The van der Waals surface area contributed by atoms with E-state index >= 15 is 0 Å². The first kappa shape index (κ1) is 12.5. The molecular weight excluding hydrogens is 322 g/mol. The molecule has 1 N–H and O–H groups in total. The Labute approximate surface area is 125 Å². The smallest absolute Gasteiger partial charge is 0.200 e. The van der Waals surface area contributed by atoms with E-state index in [0.29, 0.717) is 10.8 Å². The molecule has 1 saturated heterocycles. The van der Waals surface area contributed by atoms with Gasteiger partial charge in [-0.3, -0.25) is 4.57 Å². The molecule has 3 heterocycles. The summed E-state index contributed by atoms with van der Waals surface area (Å²) >= 11 is 3.39. The van der Waals surface area contributed by atoms with Crippen LogP contribution in [0.15, 0.2) is 11.1 Å². The standard InChI is InChI=1S/C13H16BrN5O/c14-13-17-11(16-8-4-5-8)10-12(18-13)19(7-15-10)9-3-1-2-6-20-9/h7-9H,1-6H2,(H,16,17,18). The van der Waals surface area contributed by atoms with Gasteiger partial charge in [0.25, 0.3) is 0 Å². The molecule has 4 rings (SSSR count). The fourth-order valence-electron chi connectivity index (χ4n) is 2.57. The Bertz CT molecular complexity index is 633. The number of nitrogens with zero attached hydrogens (tertiary/aromatic N) is 4. The largest absolute Gasteiger partial charge is 0.365 e. The van der Waals surface area contributed by atoms with Crippen molar-refractivity contribution >= 4 is 32.9 Å². The fraction of sp³-hybridized carbons (Fsp3) is 0.615. The van der Waals surface area contributed by atoms with Gasteiger partial charge in [0.05, 0.1) is 6.33 Å². The van der Waals surface area contributed by atoms with E-state index in [4.69, 9.17) is 4.74 Å². The van der Waals surface area contributed by atoms with Crippen molar-refractivity contribution in [3.8, 4) is 0 Å². The van der Waals surface area contributed by atoms with Gasteiger partial charge in [-0.15, -0.1) is 0 Å². The lowest BCUT2D eigenvalue weighted by atomic mass is 10.2. The molecule has 1 unspecified atom stereocenters. The maximum Gasteiger partial charge on any atom is 0.200 e. The highest BCUT2D eigenvalue weighted by Gasteiger charge is 2.25. The zero-order valence-corrected chi connectivity index (χ0v) is 12.6. The third-order valence-corrected chi connectivity index (χ3v) is 4.13. The van der Waals surface area contributed by atoms with Gasteiger partial charge in [-0.05, 0) is 48.0 Å². The minimum Gasteiger partial charge on any atom is -0.365 e. The van der Waals surface area contributed by atoms with Crippen LogP contribution in [0.25, 0.3) is 11.2 Å². The van der Waals surface area contributed by atoms with Crippen LogP contribution < -0.4 is 5.32 Å². The fourth-order valence-corrected chi connectivity index (χ4v) is 2.91. The van der Waals surface area contributed by atoms with Gasteiger partial charge in [-0.1, -0.05) is 0 Å². The molecule has 0 spiro atoms. The summed E-state index contributed by atoms with van der Waals surface area (Å²) < 4.78 is 8.45. The number of rotatable bonds is 3. The van der Waals surface area contributed by atoms with E-state index in [2.05, 4.69) is 36.2 Å². The maximum atomic E-state index is 5.83. The molecule has 106 valence electrons. The molecule has 0 radical (unpaired) electrons. The Balaban J connectivity index is 1.76. The quantitative estimate of drug-likeness (QED) is 0.872. The average molecular weight is 338 g/mol. The Morgan fingerprint density at radius 3 is 2.90 bits per heavy atom. The average Bonchev–Trinajstić information content (AvgIpc) is 3.17. The van der Waals surface area contributed by atoms with Crippen molar-refractivity contribution < 1.29 is 4.74 Å². The van der Waals surface area contributed by atoms with E-state index in [1.165, 1.54) is 19.3 Å². The minimum atomic E-state index is 0.0457. The summed E-state index contributed by atoms with van der Waals surface area (Å²) in [6.07, 6.45) is 7.60. The van der Waals surface area contributed by atoms with Gasteiger partial charge in [0.15, 0.2) is 17.0 Å². The molecule has 2 fully saturated rings. The molecule has 0 bridgehead atoms. The molecule has 7 heteroatoms. The maximum absolute atomic E-state index is 5.83. The second-order valence-corrected chi connectivity index (χ2v) is 6.11. The SMILES string of the molecule is Brc1nc(NC2CC2)c2ncn(C3CCCCO3)c2n1. The predicted octanol–water partition coefficient (Wildman–Crippen LogP) is 2.86. The number of hydrogen-bond acceptors (Lipinski definition) is 5. The van der Waals surface area contributed by atoms with E-state index in [0.717, 1.165) is 36.4 Å². The summed E-state index contributed by atoms with van der Waals surface area (Å²) in [4.78, 5) is 13.4. The van der Waals surface area contributed by atoms with Crippen LogP contribution in [0.4, 0.5) is 5.82 Å². The molecule has 20 heavy (non-hydrogen) atoms. The van der Waals surface area contributed by atoms with Gasteiger partial charge in [0.2, 0.25) is 4.73 Å². The van der Waals surface area contributed by atoms with E-state index in [-0.39, 0.29) is 6.23 Å². The molecule has 0 amide bonds. The molecular formula is C13H16BrN5O. The van der Waals surface area contributed by atoms with Gasteiger partial charge in [-0.2, -0.15) is 0 Å². The van der Waals surface area contributed by atoms with E-state index in [9.17, 15) is 0 Å². The molecule has 2 aromatic rings. The van der Waals surface area contributed by atoms with Crippen molar-refractivity contribution in [2.75, 3.05) is 11.9 Å². The number of fused-ring (bicyclic) bond motifs is 1. The van der Waals surface area contributed by atoms with Crippen molar-refractivity contribution in [1.29, 1.82) is 0 Å². The van der Waals surface area contributed by atoms with Gasteiger partial charge in [0.1, 0.15) is 6.23 Å². The van der Waals surface area contributed by atoms with Gasteiger partial charge in [-0.25, -0.2) is 15.0 Å². The van der Waals surface area contributed by atoms with Crippen LogP contribution in [0.5, 0.6) is 0 Å². The minimum absolute atomic E-state index is 0.0457. The van der Waals surface area contributed by atoms with E-state index < -0.39 is 0 Å². The molecule has 1 aliphatic heterocycles. The first-order valence-electron chi connectivity index (χ1n) is 7.09. The third kappa shape index (κ3) is 2.29. The molecule has 0 aromatic carbocycles. The normalized spacial score (nSPS) is 23.1. The van der Waals surface area contributed by atoms with E-state index in [1.54, 1.807) is 0 Å². The monoisotopic (exact) mass is 337 g/mol. The molecule has 1 aliphatic carbocycles. The first-order chi connectivity index (χ1) is 9.81. The molecule has 2 aromatic heterocycles. The molecule has 1 saturated carbocycles. The Morgan fingerprint density at radius 2 is 2.15 bits per heavy atom. The number of nitrogens with one attached hydrogen (secondary N) is 1. The lowest BCUT2D eigenvalue weighted by molar-refractivity contribution is -0.0298. The third-order valence-electron chi connectivity index (χ3n) is 3.78. The summed E-state index contributed by atoms with van der Waals surface area (Å²) in [5.41, 5.74) is 1.66. The summed E-state index contributed by atoms with van der Waals surface area (Å²) in [5.74, 6) is 0.818. The first-order valence-corrected chi connectivity index (χ1v) is 7.89. The lowest BCUT2D eigenvalue weighted by Gasteiger charge is -2.23. The lowest BCUT2D eigenvalue weighted by Crippen LogP contribution is -2.18. The van der Waals surface area contributed by atoms with E-state index in [1.807, 2.05) is 10.9 Å². The highest BCUT2D eigenvalue weighted by atomic mass is 79.9. The Kier molecular flexibility index (Phi) is 3.11. The number of hydrogen-bond donors (Lipinski definition) is 1. The topological polar surface area (TPSA) is 64.9 Å². The van der Waals surface area contributed by atoms with Crippen LogP contribution >= 0.6 is 15.9 Å².